The number of halogens is 1. The van der Waals surface area contributed by atoms with Gasteiger partial charge in [0.25, 0.3) is 5.56 Å². The molecule has 0 spiro atoms. The number of aliphatic carboxylic acids is 1. The van der Waals surface area contributed by atoms with Gasteiger partial charge in [-0.25, -0.2) is 0 Å². The van der Waals surface area contributed by atoms with Gasteiger partial charge >= 0.3 is 5.97 Å². The molecule has 1 saturated heterocycles. The van der Waals surface area contributed by atoms with Gasteiger partial charge in [-0.3, -0.25) is 9.59 Å². The van der Waals surface area contributed by atoms with Crippen LogP contribution < -0.4 is 10.5 Å². The maximum absolute atomic E-state index is 12.2. The molecule has 7 heteroatoms. The van der Waals surface area contributed by atoms with Gasteiger partial charge in [0, 0.05) is 24.2 Å². The number of hydrogen-bond acceptors (Lipinski definition) is 4. The third kappa shape index (κ3) is 3.28. The number of carboxylic acids is 1. The second kappa shape index (κ2) is 6.65. The Morgan fingerprint density at radius 3 is 2.58 bits per heavy atom. The van der Waals surface area contributed by atoms with Crippen LogP contribution in [-0.4, -0.2) is 33.9 Å². The van der Waals surface area contributed by atoms with E-state index in [2.05, 4.69) is 5.10 Å². The molecule has 1 aliphatic heterocycles. The first-order valence-electron chi connectivity index (χ1n) is 7.80. The monoisotopic (exact) mass is 347 g/mol. The number of benzene rings is 1. The summed E-state index contributed by atoms with van der Waals surface area (Å²) in [5.74, 6) is -0.389. The van der Waals surface area contributed by atoms with Crippen molar-refractivity contribution >= 4 is 23.4 Å². The van der Waals surface area contributed by atoms with Crippen LogP contribution in [0.5, 0.6) is 0 Å². The lowest BCUT2D eigenvalue weighted by Gasteiger charge is -2.31. The molecule has 1 aromatic carbocycles. The Kier molecular flexibility index (Phi) is 4.57. The third-order valence-corrected chi connectivity index (χ3v) is 4.76. The third-order valence-electron chi connectivity index (χ3n) is 4.35. The molecule has 126 valence electrons. The van der Waals surface area contributed by atoms with Crippen LogP contribution >= 0.6 is 11.6 Å². The van der Waals surface area contributed by atoms with E-state index < -0.39 is 5.97 Å². The number of anilines is 1. The number of nitrogens with zero attached hydrogens (tertiary/aromatic N) is 3. The molecular weight excluding hydrogens is 330 g/mol. The average Bonchev–Trinajstić information content (AvgIpc) is 2.58. The molecule has 0 atom stereocenters. The number of carbonyl (C=O) groups is 1. The van der Waals surface area contributed by atoms with Crippen LogP contribution in [0.25, 0.3) is 5.69 Å². The van der Waals surface area contributed by atoms with E-state index in [1.54, 1.807) is 18.2 Å². The molecular formula is C17H18ClN3O3. The van der Waals surface area contributed by atoms with Crippen molar-refractivity contribution in [3.8, 4) is 5.69 Å². The normalized spacial score (nSPS) is 15.5. The summed E-state index contributed by atoms with van der Waals surface area (Å²) in [5.41, 5.74) is 1.30. The van der Waals surface area contributed by atoms with Gasteiger partial charge in [-0.15, -0.1) is 5.10 Å². The highest BCUT2D eigenvalue weighted by atomic mass is 35.5. The molecule has 0 aliphatic carbocycles. The van der Waals surface area contributed by atoms with Crippen molar-refractivity contribution in [1.29, 1.82) is 0 Å². The summed E-state index contributed by atoms with van der Waals surface area (Å²) in [7, 11) is 0. The number of aromatic nitrogens is 2. The van der Waals surface area contributed by atoms with E-state index in [-0.39, 0.29) is 11.5 Å². The summed E-state index contributed by atoms with van der Waals surface area (Å²) < 4.78 is 1.32. The summed E-state index contributed by atoms with van der Waals surface area (Å²) in [6.07, 6.45) is 1.15. The summed E-state index contributed by atoms with van der Waals surface area (Å²) in [6, 6.07) is 8.51. The minimum Gasteiger partial charge on any atom is -0.481 e. The van der Waals surface area contributed by atoms with Crippen LogP contribution in [-0.2, 0) is 4.79 Å². The van der Waals surface area contributed by atoms with E-state index in [0.29, 0.717) is 42.5 Å². The lowest BCUT2D eigenvalue weighted by atomic mass is 9.97. The van der Waals surface area contributed by atoms with Crippen LogP contribution in [0.1, 0.15) is 18.4 Å². The Morgan fingerprint density at radius 1 is 1.25 bits per heavy atom. The van der Waals surface area contributed by atoms with Crippen molar-refractivity contribution < 1.29 is 9.90 Å². The Morgan fingerprint density at radius 2 is 1.96 bits per heavy atom. The van der Waals surface area contributed by atoms with E-state index in [4.69, 9.17) is 16.7 Å². The maximum Gasteiger partial charge on any atom is 0.306 e. The summed E-state index contributed by atoms with van der Waals surface area (Å²) in [6.45, 7) is 3.11. The second-order valence-electron chi connectivity index (χ2n) is 5.97. The van der Waals surface area contributed by atoms with Crippen molar-refractivity contribution in [2.45, 2.75) is 19.8 Å². The standard InChI is InChI=1S/C17H18ClN3O3/c1-11-2-3-13(10-14(11)18)21-16(22)5-4-15(19-21)20-8-6-12(7-9-20)17(23)24/h2-5,10,12H,6-9H2,1H3,(H,23,24). The van der Waals surface area contributed by atoms with E-state index >= 15 is 0 Å². The van der Waals surface area contributed by atoms with E-state index in [1.807, 2.05) is 17.9 Å². The zero-order chi connectivity index (χ0) is 17.3. The fraction of sp³-hybridized carbons (Fsp3) is 0.353. The lowest BCUT2D eigenvalue weighted by molar-refractivity contribution is -0.142. The van der Waals surface area contributed by atoms with Gasteiger partial charge in [0.15, 0.2) is 0 Å². The molecule has 2 aromatic rings. The molecule has 1 aromatic heterocycles. The van der Waals surface area contributed by atoms with Crippen molar-refractivity contribution in [2.75, 3.05) is 18.0 Å². The Bertz CT molecular complexity index is 826. The first kappa shape index (κ1) is 16.5. The topological polar surface area (TPSA) is 75.4 Å². The zero-order valence-corrected chi connectivity index (χ0v) is 14.0. The van der Waals surface area contributed by atoms with Gasteiger partial charge in [0.1, 0.15) is 5.82 Å². The largest absolute Gasteiger partial charge is 0.481 e. The van der Waals surface area contributed by atoms with Gasteiger partial charge in [-0.1, -0.05) is 17.7 Å². The van der Waals surface area contributed by atoms with Crippen LogP contribution in [0.3, 0.4) is 0 Å². The molecule has 24 heavy (non-hydrogen) atoms. The van der Waals surface area contributed by atoms with Gasteiger partial charge in [-0.05, 0) is 43.5 Å². The van der Waals surface area contributed by atoms with Gasteiger partial charge < -0.3 is 10.0 Å². The molecule has 0 radical (unpaired) electrons. The predicted octanol–water partition coefficient (Wildman–Crippen LogP) is 2.50. The molecule has 6 nitrogen and oxygen atoms in total. The van der Waals surface area contributed by atoms with Gasteiger partial charge in [0.2, 0.25) is 0 Å². The summed E-state index contributed by atoms with van der Waals surface area (Å²) in [5, 5.41) is 14.1. The average molecular weight is 348 g/mol. The van der Waals surface area contributed by atoms with Crippen molar-refractivity contribution in [1.82, 2.24) is 9.78 Å². The van der Waals surface area contributed by atoms with Gasteiger partial charge in [-0.2, -0.15) is 4.68 Å². The fourth-order valence-electron chi connectivity index (χ4n) is 2.82. The number of aryl methyl sites for hydroxylation is 1. The number of hydrogen-bond donors (Lipinski definition) is 1. The highest BCUT2D eigenvalue weighted by Crippen LogP contribution is 2.22. The molecule has 0 amide bonds. The summed E-state index contributed by atoms with van der Waals surface area (Å²) in [4.78, 5) is 25.2. The highest BCUT2D eigenvalue weighted by molar-refractivity contribution is 6.31. The van der Waals surface area contributed by atoms with Gasteiger partial charge in [0.05, 0.1) is 11.6 Å². The van der Waals surface area contributed by atoms with Crippen molar-refractivity contribution in [2.24, 2.45) is 5.92 Å². The molecule has 0 saturated carbocycles. The number of piperidine rings is 1. The Labute approximate surface area is 144 Å². The molecule has 1 fully saturated rings. The number of carboxylic acid groups (broad SMARTS) is 1. The minimum absolute atomic E-state index is 0.237. The van der Waals surface area contributed by atoms with Crippen LogP contribution in [0, 0.1) is 12.8 Å². The van der Waals surface area contributed by atoms with Crippen LogP contribution in [0.15, 0.2) is 35.1 Å². The fourth-order valence-corrected chi connectivity index (χ4v) is 3.00. The van der Waals surface area contributed by atoms with E-state index in [9.17, 15) is 9.59 Å². The second-order valence-corrected chi connectivity index (χ2v) is 6.38. The first-order valence-corrected chi connectivity index (χ1v) is 8.18. The minimum atomic E-state index is -0.748. The first-order chi connectivity index (χ1) is 11.5. The van der Waals surface area contributed by atoms with Crippen LogP contribution in [0.2, 0.25) is 5.02 Å². The zero-order valence-electron chi connectivity index (χ0n) is 13.3. The summed E-state index contributed by atoms with van der Waals surface area (Å²) >= 11 is 6.14. The SMILES string of the molecule is Cc1ccc(-n2nc(N3CCC(C(=O)O)CC3)ccc2=O)cc1Cl. The molecule has 0 unspecified atom stereocenters. The molecule has 2 heterocycles. The predicted molar refractivity (Wildman–Crippen MR) is 92.2 cm³/mol. The lowest BCUT2D eigenvalue weighted by Crippen LogP contribution is -2.37. The Hall–Kier alpha value is -2.34. The van der Waals surface area contributed by atoms with Crippen LogP contribution in [0.4, 0.5) is 5.82 Å². The number of rotatable bonds is 3. The maximum atomic E-state index is 12.2. The molecule has 1 N–H and O–H groups in total. The Balaban J connectivity index is 1.88. The molecule has 3 rings (SSSR count). The van der Waals surface area contributed by atoms with E-state index in [1.165, 1.54) is 10.7 Å². The molecule has 0 bridgehead atoms. The molecule has 1 aliphatic rings. The van der Waals surface area contributed by atoms with E-state index in [0.717, 1.165) is 5.56 Å². The smallest absolute Gasteiger partial charge is 0.306 e. The van der Waals surface area contributed by atoms with Crippen molar-refractivity contribution in [3.63, 3.8) is 0 Å². The highest BCUT2D eigenvalue weighted by Gasteiger charge is 2.25. The quantitative estimate of drug-likeness (QED) is 0.923. The van der Waals surface area contributed by atoms with Crippen molar-refractivity contribution in [3.05, 3.63) is 51.3 Å².